The minimum Gasteiger partial charge on any atom is -0.338 e. The van der Waals surface area contributed by atoms with Gasteiger partial charge in [0.25, 0.3) is 11.1 Å². The van der Waals surface area contributed by atoms with Crippen LogP contribution in [0.2, 0.25) is 0 Å². The Kier molecular flexibility index (Phi) is 5.87. The van der Waals surface area contributed by atoms with E-state index in [1.54, 1.807) is 0 Å². The normalized spacial score (nSPS) is 19.2. The molecular formula is C23H32N2O3S. The number of carbonyl (C=O) groups excluding carboxylic acids is 3. The number of hydrogen-bond donors (Lipinski definition) is 0. The van der Waals surface area contributed by atoms with Crippen molar-refractivity contribution in [3.63, 3.8) is 0 Å². The van der Waals surface area contributed by atoms with Gasteiger partial charge in [-0.3, -0.25) is 19.3 Å². The van der Waals surface area contributed by atoms with Gasteiger partial charge in [0.2, 0.25) is 5.91 Å². The zero-order valence-electron chi connectivity index (χ0n) is 18.4. The number of piperidine rings is 1. The summed E-state index contributed by atoms with van der Waals surface area (Å²) in [5, 5.41) is -0.146. The number of thioether (sulfide) groups is 1. The van der Waals surface area contributed by atoms with Crippen LogP contribution in [-0.2, 0) is 15.6 Å². The fourth-order valence-electron chi connectivity index (χ4n) is 3.84. The Morgan fingerprint density at radius 3 is 1.86 bits per heavy atom. The standard InChI is InChI=1S/C23H32N2O3S/c1-22(2,3)16-11-15(12-17(13-16)23(4,5)6)20(27)24-9-7-18(8-10-24)25-19(26)14-29-21(25)28/h11-13,18H,7-10,14H2,1-6H3. The molecule has 3 rings (SSSR count). The fraction of sp³-hybridized carbons (Fsp3) is 0.609. The Morgan fingerprint density at radius 2 is 1.45 bits per heavy atom. The van der Waals surface area contributed by atoms with E-state index in [0.29, 0.717) is 25.9 Å². The zero-order valence-corrected chi connectivity index (χ0v) is 19.2. The molecule has 0 saturated carbocycles. The van der Waals surface area contributed by atoms with Gasteiger partial charge in [0, 0.05) is 24.7 Å². The molecule has 2 fully saturated rings. The number of imide groups is 1. The van der Waals surface area contributed by atoms with E-state index in [-0.39, 0.29) is 39.7 Å². The number of likely N-dealkylation sites (tertiary alicyclic amines) is 1. The molecule has 29 heavy (non-hydrogen) atoms. The van der Waals surface area contributed by atoms with Crippen LogP contribution in [0.4, 0.5) is 4.79 Å². The summed E-state index contributed by atoms with van der Waals surface area (Å²) in [6, 6.07) is 6.17. The summed E-state index contributed by atoms with van der Waals surface area (Å²) >= 11 is 1.08. The molecule has 1 aromatic carbocycles. The van der Waals surface area contributed by atoms with Crippen LogP contribution < -0.4 is 0 Å². The average molecular weight is 417 g/mol. The van der Waals surface area contributed by atoms with E-state index in [0.717, 1.165) is 28.5 Å². The molecule has 6 heteroatoms. The van der Waals surface area contributed by atoms with Crippen molar-refractivity contribution in [3.8, 4) is 0 Å². The molecule has 0 bridgehead atoms. The fourth-order valence-corrected chi connectivity index (χ4v) is 4.62. The van der Waals surface area contributed by atoms with Crippen molar-refractivity contribution >= 4 is 28.8 Å². The van der Waals surface area contributed by atoms with Crippen LogP contribution in [0, 0.1) is 0 Å². The summed E-state index contributed by atoms with van der Waals surface area (Å²) in [6.45, 7) is 14.1. The lowest BCUT2D eigenvalue weighted by atomic mass is 9.79. The van der Waals surface area contributed by atoms with E-state index in [1.165, 1.54) is 4.90 Å². The van der Waals surface area contributed by atoms with Crippen LogP contribution in [-0.4, -0.2) is 51.7 Å². The summed E-state index contributed by atoms with van der Waals surface area (Å²) in [5.41, 5.74) is 2.96. The maximum absolute atomic E-state index is 13.3. The summed E-state index contributed by atoms with van der Waals surface area (Å²) in [5.74, 6) is 0.179. The number of hydrogen-bond acceptors (Lipinski definition) is 4. The highest BCUT2D eigenvalue weighted by molar-refractivity contribution is 8.14. The first-order valence-electron chi connectivity index (χ1n) is 10.3. The molecular weight excluding hydrogens is 384 g/mol. The molecule has 2 heterocycles. The van der Waals surface area contributed by atoms with Gasteiger partial charge in [-0.2, -0.15) is 0 Å². The third-order valence-corrected chi connectivity index (χ3v) is 6.65. The SMILES string of the molecule is CC(C)(C)c1cc(C(=O)N2CCC(N3C(=O)CSC3=O)CC2)cc(C(C)(C)C)c1. The topological polar surface area (TPSA) is 57.7 Å². The predicted octanol–water partition coefficient (Wildman–Crippen LogP) is 4.58. The van der Waals surface area contributed by atoms with Crippen molar-refractivity contribution in [1.82, 2.24) is 9.80 Å². The minimum absolute atomic E-state index is 0.0356. The molecule has 0 aliphatic carbocycles. The molecule has 0 spiro atoms. The Bertz CT molecular complexity index is 779. The van der Waals surface area contributed by atoms with Gasteiger partial charge in [0.1, 0.15) is 0 Å². The van der Waals surface area contributed by atoms with Gasteiger partial charge in [0.15, 0.2) is 0 Å². The maximum Gasteiger partial charge on any atom is 0.289 e. The number of nitrogens with zero attached hydrogens (tertiary/aromatic N) is 2. The quantitative estimate of drug-likeness (QED) is 0.708. The van der Waals surface area contributed by atoms with E-state index in [2.05, 4.69) is 47.6 Å². The zero-order chi connectivity index (χ0) is 21.6. The number of carbonyl (C=O) groups is 3. The van der Waals surface area contributed by atoms with E-state index < -0.39 is 0 Å². The Balaban J connectivity index is 1.79. The van der Waals surface area contributed by atoms with Gasteiger partial charge >= 0.3 is 0 Å². The molecule has 2 aliphatic heterocycles. The first kappa shape index (κ1) is 21.9. The van der Waals surface area contributed by atoms with Crippen molar-refractivity contribution in [3.05, 3.63) is 34.9 Å². The van der Waals surface area contributed by atoms with Crippen molar-refractivity contribution in [2.24, 2.45) is 0 Å². The third kappa shape index (κ3) is 4.68. The average Bonchev–Trinajstić information content (AvgIpc) is 2.98. The van der Waals surface area contributed by atoms with Crippen LogP contribution in [0.25, 0.3) is 0 Å². The molecule has 2 aliphatic rings. The second kappa shape index (κ2) is 7.78. The smallest absolute Gasteiger partial charge is 0.289 e. The van der Waals surface area contributed by atoms with Gasteiger partial charge in [-0.1, -0.05) is 59.4 Å². The largest absolute Gasteiger partial charge is 0.338 e. The monoisotopic (exact) mass is 416 g/mol. The van der Waals surface area contributed by atoms with Crippen molar-refractivity contribution in [2.45, 2.75) is 71.3 Å². The summed E-state index contributed by atoms with van der Waals surface area (Å²) in [7, 11) is 0. The van der Waals surface area contributed by atoms with Crippen LogP contribution in [0.5, 0.6) is 0 Å². The lowest BCUT2D eigenvalue weighted by Crippen LogP contribution is -2.48. The van der Waals surface area contributed by atoms with Gasteiger partial charge < -0.3 is 4.90 Å². The van der Waals surface area contributed by atoms with Crippen LogP contribution in [0.3, 0.4) is 0 Å². The third-order valence-electron chi connectivity index (χ3n) is 5.81. The molecule has 5 nitrogen and oxygen atoms in total. The van der Waals surface area contributed by atoms with Gasteiger partial charge in [0.05, 0.1) is 5.75 Å². The molecule has 0 N–H and O–H groups in total. The second-order valence-corrected chi connectivity index (χ2v) is 11.1. The van der Waals surface area contributed by atoms with E-state index in [4.69, 9.17) is 0 Å². The van der Waals surface area contributed by atoms with Gasteiger partial charge in [-0.05, 0) is 46.9 Å². The van der Waals surface area contributed by atoms with Gasteiger partial charge in [-0.15, -0.1) is 0 Å². The molecule has 0 radical (unpaired) electrons. The highest BCUT2D eigenvalue weighted by Gasteiger charge is 2.38. The van der Waals surface area contributed by atoms with Crippen molar-refractivity contribution < 1.29 is 14.4 Å². The number of rotatable bonds is 2. The Morgan fingerprint density at radius 1 is 0.931 bits per heavy atom. The molecule has 0 unspecified atom stereocenters. The number of benzene rings is 1. The van der Waals surface area contributed by atoms with Crippen molar-refractivity contribution in [1.29, 1.82) is 0 Å². The Hall–Kier alpha value is -1.82. The number of amides is 3. The summed E-state index contributed by atoms with van der Waals surface area (Å²) in [6.07, 6.45) is 1.30. The second-order valence-electron chi connectivity index (χ2n) is 10.1. The molecule has 158 valence electrons. The first-order chi connectivity index (χ1) is 13.4. The van der Waals surface area contributed by atoms with E-state index >= 15 is 0 Å². The highest BCUT2D eigenvalue weighted by Crippen LogP contribution is 2.32. The molecule has 0 atom stereocenters. The molecule has 3 amide bonds. The molecule has 2 saturated heterocycles. The minimum atomic E-state index is -0.146. The lowest BCUT2D eigenvalue weighted by Gasteiger charge is -2.36. The summed E-state index contributed by atoms with van der Waals surface area (Å²) < 4.78 is 0. The Labute approximate surface area is 178 Å². The van der Waals surface area contributed by atoms with E-state index in [9.17, 15) is 14.4 Å². The van der Waals surface area contributed by atoms with Crippen molar-refractivity contribution in [2.75, 3.05) is 18.8 Å². The van der Waals surface area contributed by atoms with Gasteiger partial charge in [-0.25, -0.2) is 0 Å². The highest BCUT2D eigenvalue weighted by atomic mass is 32.2. The van der Waals surface area contributed by atoms with Crippen LogP contribution >= 0.6 is 11.8 Å². The molecule has 0 aromatic heterocycles. The van der Waals surface area contributed by atoms with E-state index in [1.807, 2.05) is 17.0 Å². The van der Waals surface area contributed by atoms with Crippen LogP contribution in [0.15, 0.2) is 18.2 Å². The van der Waals surface area contributed by atoms with Crippen LogP contribution in [0.1, 0.15) is 75.9 Å². The maximum atomic E-state index is 13.3. The predicted molar refractivity (Wildman–Crippen MR) is 117 cm³/mol. The lowest BCUT2D eigenvalue weighted by molar-refractivity contribution is -0.126. The molecule has 1 aromatic rings. The summed E-state index contributed by atoms with van der Waals surface area (Å²) in [4.78, 5) is 40.5. The first-order valence-corrected chi connectivity index (χ1v) is 11.3.